The van der Waals surface area contributed by atoms with Crippen molar-refractivity contribution >= 4 is 11.7 Å². The molecule has 1 amide bonds. The minimum absolute atomic E-state index is 0.0326. The highest BCUT2D eigenvalue weighted by Gasteiger charge is 2.22. The van der Waals surface area contributed by atoms with E-state index in [4.69, 9.17) is 14.2 Å². The Bertz CT molecular complexity index is 784. The quantitative estimate of drug-likeness (QED) is 0.770. The summed E-state index contributed by atoms with van der Waals surface area (Å²) >= 11 is 0. The van der Waals surface area contributed by atoms with E-state index in [0.29, 0.717) is 29.6 Å². The summed E-state index contributed by atoms with van der Waals surface area (Å²) < 4.78 is 18.0. The third-order valence-electron chi connectivity index (χ3n) is 4.78. The van der Waals surface area contributed by atoms with Crippen molar-refractivity contribution in [3.8, 4) is 17.2 Å². The van der Waals surface area contributed by atoms with Crippen LogP contribution < -0.4 is 24.8 Å². The molecule has 1 aliphatic heterocycles. The number of aromatic nitrogens is 2. The molecule has 0 aliphatic carbocycles. The van der Waals surface area contributed by atoms with Crippen LogP contribution in [-0.2, 0) is 11.3 Å². The van der Waals surface area contributed by atoms with E-state index in [0.717, 1.165) is 31.5 Å². The molecule has 146 valence electrons. The Morgan fingerprint density at radius 3 is 2.56 bits per heavy atom. The first-order valence-electron chi connectivity index (χ1n) is 8.99. The van der Waals surface area contributed by atoms with Gasteiger partial charge in [0.15, 0.2) is 11.5 Å². The lowest BCUT2D eigenvalue weighted by molar-refractivity contribution is -0.120. The molecule has 0 bridgehead atoms. The number of amides is 1. The average molecular weight is 374 g/mol. The van der Waals surface area contributed by atoms with Crippen LogP contribution in [0.5, 0.6) is 17.2 Å². The number of benzene rings is 1. The summed E-state index contributed by atoms with van der Waals surface area (Å²) in [4.78, 5) is 12.5. The molecule has 1 aromatic heterocycles. The molecule has 0 radical (unpaired) electrons. The molecule has 2 aromatic rings. The molecule has 3 rings (SSSR count). The van der Waals surface area contributed by atoms with Crippen LogP contribution >= 0.6 is 0 Å². The Morgan fingerprint density at radius 2 is 1.89 bits per heavy atom. The zero-order valence-corrected chi connectivity index (χ0v) is 15.9. The predicted molar refractivity (Wildman–Crippen MR) is 102 cm³/mol. The number of piperidine rings is 1. The number of rotatable bonds is 7. The Labute approximate surface area is 158 Å². The fraction of sp³-hybridized carbons (Fsp3) is 0.474. The van der Waals surface area contributed by atoms with Gasteiger partial charge in [0.05, 0.1) is 34.1 Å². The largest absolute Gasteiger partial charge is 0.493 e. The number of nitrogens with one attached hydrogen (secondary N) is 2. The summed E-state index contributed by atoms with van der Waals surface area (Å²) in [6.07, 6.45) is 3.37. The van der Waals surface area contributed by atoms with Crippen LogP contribution in [0.4, 0.5) is 5.82 Å². The van der Waals surface area contributed by atoms with Gasteiger partial charge in [-0.1, -0.05) is 0 Å². The van der Waals surface area contributed by atoms with Gasteiger partial charge in [0.25, 0.3) is 0 Å². The molecule has 0 unspecified atom stereocenters. The predicted octanol–water partition coefficient (Wildman–Crippen LogP) is 1.90. The van der Waals surface area contributed by atoms with Gasteiger partial charge in [-0.3, -0.25) is 4.79 Å². The second-order valence-electron chi connectivity index (χ2n) is 6.38. The van der Waals surface area contributed by atoms with Gasteiger partial charge in [-0.15, -0.1) is 0 Å². The normalized spacial score (nSPS) is 14.6. The Kier molecular flexibility index (Phi) is 6.18. The maximum Gasteiger partial charge on any atom is 0.228 e. The minimum atomic E-state index is 0.0326. The molecule has 8 nitrogen and oxygen atoms in total. The highest BCUT2D eigenvalue weighted by molar-refractivity contribution is 5.91. The third-order valence-corrected chi connectivity index (χ3v) is 4.78. The zero-order chi connectivity index (χ0) is 19.2. The summed E-state index contributed by atoms with van der Waals surface area (Å²) in [5, 5.41) is 10.6. The standard InChI is InChI=1S/C19H26N4O4/c1-25-15-5-4-14(17(26-2)18(15)27-3)12-23-16(8-11-21-23)22-19(24)13-6-9-20-10-7-13/h4-5,8,11,13,20H,6-7,9-10,12H2,1-3H3,(H,22,24). The Hall–Kier alpha value is -2.74. The van der Waals surface area contributed by atoms with Crippen molar-refractivity contribution < 1.29 is 19.0 Å². The van der Waals surface area contributed by atoms with Crippen molar-refractivity contribution in [1.82, 2.24) is 15.1 Å². The highest BCUT2D eigenvalue weighted by Crippen LogP contribution is 2.40. The second-order valence-corrected chi connectivity index (χ2v) is 6.38. The maximum atomic E-state index is 12.5. The number of hydrogen-bond acceptors (Lipinski definition) is 6. The van der Waals surface area contributed by atoms with Gasteiger partial charge >= 0.3 is 0 Å². The summed E-state index contributed by atoms with van der Waals surface area (Å²) in [7, 11) is 4.74. The molecule has 1 fully saturated rings. The van der Waals surface area contributed by atoms with E-state index in [1.807, 2.05) is 12.1 Å². The van der Waals surface area contributed by atoms with E-state index in [1.165, 1.54) is 0 Å². The van der Waals surface area contributed by atoms with Crippen LogP contribution in [0.25, 0.3) is 0 Å². The van der Waals surface area contributed by atoms with Gasteiger partial charge in [0.2, 0.25) is 11.7 Å². The number of hydrogen-bond donors (Lipinski definition) is 2. The SMILES string of the molecule is COc1ccc(Cn2nccc2NC(=O)C2CCNCC2)c(OC)c1OC. The van der Waals surface area contributed by atoms with Crippen LogP contribution in [0.1, 0.15) is 18.4 Å². The van der Waals surface area contributed by atoms with E-state index in [-0.39, 0.29) is 11.8 Å². The molecule has 2 N–H and O–H groups in total. The Balaban J connectivity index is 1.79. The van der Waals surface area contributed by atoms with E-state index in [1.54, 1.807) is 38.3 Å². The number of anilines is 1. The summed E-state index contributed by atoms with van der Waals surface area (Å²) in [6, 6.07) is 5.53. The number of ether oxygens (including phenoxy) is 3. The van der Waals surface area contributed by atoms with Crippen LogP contribution in [0, 0.1) is 5.92 Å². The molecule has 27 heavy (non-hydrogen) atoms. The van der Waals surface area contributed by atoms with Crippen molar-refractivity contribution in [2.24, 2.45) is 5.92 Å². The molecule has 2 heterocycles. The molecule has 1 saturated heterocycles. The second kappa shape index (κ2) is 8.77. The van der Waals surface area contributed by atoms with Crippen molar-refractivity contribution in [3.05, 3.63) is 30.0 Å². The van der Waals surface area contributed by atoms with Crippen molar-refractivity contribution in [3.63, 3.8) is 0 Å². The van der Waals surface area contributed by atoms with E-state index >= 15 is 0 Å². The van der Waals surface area contributed by atoms with Crippen LogP contribution in [0.15, 0.2) is 24.4 Å². The monoisotopic (exact) mass is 374 g/mol. The van der Waals surface area contributed by atoms with Gasteiger partial charge < -0.3 is 24.8 Å². The minimum Gasteiger partial charge on any atom is -0.493 e. The first kappa shape index (κ1) is 19.0. The van der Waals surface area contributed by atoms with Gasteiger partial charge in [-0.2, -0.15) is 5.10 Å². The van der Waals surface area contributed by atoms with Crippen molar-refractivity contribution in [1.29, 1.82) is 0 Å². The Morgan fingerprint density at radius 1 is 1.15 bits per heavy atom. The molecule has 0 atom stereocenters. The van der Waals surface area contributed by atoms with Crippen LogP contribution in [0.3, 0.4) is 0 Å². The maximum absolute atomic E-state index is 12.5. The molecule has 0 spiro atoms. The molecule has 1 aliphatic rings. The van der Waals surface area contributed by atoms with Crippen molar-refractivity contribution in [2.75, 3.05) is 39.7 Å². The lowest BCUT2D eigenvalue weighted by Crippen LogP contribution is -2.35. The van der Waals surface area contributed by atoms with E-state index in [2.05, 4.69) is 15.7 Å². The molecule has 8 heteroatoms. The van der Waals surface area contributed by atoms with Gasteiger partial charge in [0, 0.05) is 17.5 Å². The van der Waals surface area contributed by atoms with E-state index < -0.39 is 0 Å². The van der Waals surface area contributed by atoms with Crippen molar-refractivity contribution in [2.45, 2.75) is 19.4 Å². The molecular formula is C19H26N4O4. The summed E-state index contributed by atoms with van der Waals surface area (Å²) in [6.45, 7) is 2.18. The number of carbonyl (C=O) groups excluding carboxylic acids is 1. The summed E-state index contributed by atoms with van der Waals surface area (Å²) in [5.41, 5.74) is 0.871. The first-order valence-corrected chi connectivity index (χ1v) is 8.99. The van der Waals surface area contributed by atoms with Crippen LogP contribution in [0.2, 0.25) is 0 Å². The number of carbonyl (C=O) groups is 1. The lowest BCUT2D eigenvalue weighted by atomic mass is 9.97. The lowest BCUT2D eigenvalue weighted by Gasteiger charge is -2.22. The van der Waals surface area contributed by atoms with E-state index in [9.17, 15) is 4.79 Å². The van der Waals surface area contributed by atoms with Gasteiger partial charge in [-0.05, 0) is 38.1 Å². The topological polar surface area (TPSA) is 86.6 Å². The average Bonchev–Trinajstić information content (AvgIpc) is 3.14. The fourth-order valence-corrected chi connectivity index (χ4v) is 3.33. The zero-order valence-electron chi connectivity index (χ0n) is 15.9. The van der Waals surface area contributed by atoms with Gasteiger partial charge in [0.1, 0.15) is 5.82 Å². The highest BCUT2D eigenvalue weighted by atomic mass is 16.5. The smallest absolute Gasteiger partial charge is 0.228 e. The van der Waals surface area contributed by atoms with Gasteiger partial charge in [-0.25, -0.2) is 4.68 Å². The first-order chi connectivity index (χ1) is 13.2. The molecule has 0 saturated carbocycles. The van der Waals surface area contributed by atoms with Crippen LogP contribution in [-0.4, -0.2) is 50.1 Å². The third kappa shape index (κ3) is 4.16. The molecular weight excluding hydrogens is 348 g/mol. The summed E-state index contributed by atoms with van der Waals surface area (Å²) in [5.74, 6) is 2.45. The number of nitrogens with zero attached hydrogens (tertiary/aromatic N) is 2. The number of methoxy groups -OCH3 is 3. The fourth-order valence-electron chi connectivity index (χ4n) is 3.33. The molecule has 1 aromatic carbocycles.